The summed E-state index contributed by atoms with van der Waals surface area (Å²) in [6, 6.07) is 10.2. The van der Waals surface area contributed by atoms with Crippen LogP contribution in [0, 0.1) is 11.6 Å². The fourth-order valence-corrected chi connectivity index (χ4v) is 4.40. The van der Waals surface area contributed by atoms with Crippen molar-refractivity contribution in [3.05, 3.63) is 110 Å². The summed E-state index contributed by atoms with van der Waals surface area (Å²) in [5.41, 5.74) is 12.2. The number of benzene rings is 2. The van der Waals surface area contributed by atoms with E-state index in [0.29, 0.717) is 33.4 Å². The fraction of sp³-hybridized carbons (Fsp3) is 0.233. The van der Waals surface area contributed by atoms with Gasteiger partial charge in [-0.15, -0.1) is 0 Å². The molecule has 0 spiro atoms. The van der Waals surface area contributed by atoms with Gasteiger partial charge in [-0.2, -0.15) is 0 Å². The van der Waals surface area contributed by atoms with Crippen molar-refractivity contribution in [2.24, 2.45) is 11.5 Å². The van der Waals surface area contributed by atoms with E-state index < -0.39 is 29.4 Å². The third-order valence-corrected chi connectivity index (χ3v) is 6.35. The molecule has 0 aliphatic rings. The van der Waals surface area contributed by atoms with Gasteiger partial charge in [-0.1, -0.05) is 18.2 Å². The van der Waals surface area contributed by atoms with Crippen LogP contribution < -0.4 is 33.3 Å². The zero-order chi connectivity index (χ0) is 32.6. The molecule has 2 aromatic heterocycles. The second-order valence-corrected chi connectivity index (χ2v) is 9.84. The molecule has 0 atom stereocenters. The minimum Gasteiger partial charge on any atom is -0.483 e. The van der Waals surface area contributed by atoms with Gasteiger partial charge < -0.3 is 31.7 Å². The lowest BCUT2D eigenvalue weighted by atomic mass is 10.0. The van der Waals surface area contributed by atoms with Crippen LogP contribution in [0.3, 0.4) is 0 Å². The van der Waals surface area contributed by atoms with Crippen LogP contribution in [0.1, 0.15) is 11.1 Å². The summed E-state index contributed by atoms with van der Waals surface area (Å²) in [4.78, 5) is 40.4. The number of amides is 1. The maximum Gasteiger partial charge on any atom is 0.352 e. The first kappa shape index (κ1) is 33.3. The number of nitrogens with zero attached hydrogens (tertiary/aromatic N) is 4. The molecule has 44 heavy (non-hydrogen) atoms. The number of carbonyl (C=O) groups is 1. The highest BCUT2D eigenvalue weighted by atomic mass is 19.1. The Morgan fingerprint density at radius 1 is 1.00 bits per heavy atom. The van der Waals surface area contributed by atoms with Gasteiger partial charge in [-0.05, 0) is 64.1 Å². The van der Waals surface area contributed by atoms with Crippen molar-refractivity contribution in [1.82, 2.24) is 24.0 Å². The van der Waals surface area contributed by atoms with Crippen molar-refractivity contribution in [3.63, 3.8) is 0 Å². The lowest BCUT2D eigenvalue weighted by molar-refractivity contribution is -0.105. The second kappa shape index (κ2) is 14.8. The van der Waals surface area contributed by atoms with Gasteiger partial charge in [-0.3, -0.25) is 14.1 Å². The normalized spacial score (nSPS) is 11.8. The molecule has 0 aliphatic carbocycles. The third-order valence-electron chi connectivity index (χ3n) is 6.35. The predicted octanol–water partition coefficient (Wildman–Crippen LogP) is 1.93. The number of aromatic nitrogens is 3. The first-order chi connectivity index (χ1) is 21.0. The van der Waals surface area contributed by atoms with Crippen molar-refractivity contribution in [1.29, 1.82) is 0 Å². The van der Waals surface area contributed by atoms with E-state index in [1.165, 1.54) is 29.8 Å². The van der Waals surface area contributed by atoms with Crippen LogP contribution in [0.5, 0.6) is 0 Å². The molecule has 0 unspecified atom stereocenters. The molecule has 0 fully saturated rings. The van der Waals surface area contributed by atoms with E-state index in [9.17, 15) is 23.2 Å². The summed E-state index contributed by atoms with van der Waals surface area (Å²) in [5.74, 6) is -2.03. The number of nitrogens with one attached hydrogen (secondary N) is 2. The highest BCUT2D eigenvalue weighted by Gasteiger charge is 2.24. The van der Waals surface area contributed by atoms with Gasteiger partial charge in [0.05, 0.1) is 13.7 Å². The van der Waals surface area contributed by atoms with Crippen LogP contribution in [0.25, 0.3) is 22.5 Å². The van der Waals surface area contributed by atoms with Crippen LogP contribution in [-0.4, -0.2) is 60.4 Å². The van der Waals surface area contributed by atoms with Crippen molar-refractivity contribution in [3.8, 4) is 11.1 Å². The Morgan fingerprint density at radius 3 is 2.16 bits per heavy atom. The van der Waals surface area contributed by atoms with E-state index in [4.69, 9.17) is 16.2 Å². The monoisotopic (exact) mass is 610 g/mol. The number of allylic oxidation sites excluding steroid dienone is 2. The summed E-state index contributed by atoms with van der Waals surface area (Å²) >= 11 is 0. The molecule has 0 saturated heterocycles. The summed E-state index contributed by atoms with van der Waals surface area (Å²) in [6.45, 7) is -0.281. The highest BCUT2D eigenvalue weighted by molar-refractivity contribution is 5.79. The van der Waals surface area contributed by atoms with Crippen molar-refractivity contribution in [2.75, 3.05) is 40.6 Å². The van der Waals surface area contributed by atoms with E-state index >= 15 is 0 Å². The Labute approximate surface area is 252 Å². The molecule has 0 saturated carbocycles. The zero-order valence-corrected chi connectivity index (χ0v) is 25.1. The van der Waals surface area contributed by atoms with E-state index in [1.54, 1.807) is 44.6 Å². The van der Waals surface area contributed by atoms with E-state index in [2.05, 4.69) is 10.6 Å². The molecule has 4 rings (SSSR count). The van der Waals surface area contributed by atoms with Crippen molar-refractivity contribution in [2.45, 2.75) is 13.1 Å². The molecule has 14 heteroatoms. The van der Waals surface area contributed by atoms with Gasteiger partial charge >= 0.3 is 5.69 Å². The largest absolute Gasteiger partial charge is 0.483 e. The SMILES string of the molecule is CNC.CO/C(N)=C/C=C(\N)n1c(=O)c2c(CN(C)C)c(-c3ccc(NC=O)cc3)cn2n(Cc2c(F)cccc2F)c1=O. The molecule has 0 aliphatic heterocycles. The topological polar surface area (TPSA) is 154 Å². The van der Waals surface area contributed by atoms with E-state index in [1.807, 2.05) is 19.0 Å². The Morgan fingerprint density at radius 2 is 1.61 bits per heavy atom. The summed E-state index contributed by atoms with van der Waals surface area (Å²) < 4.78 is 37.4. The van der Waals surface area contributed by atoms with Gasteiger partial charge in [0.15, 0.2) is 5.88 Å². The van der Waals surface area contributed by atoms with Gasteiger partial charge in [0.25, 0.3) is 5.56 Å². The van der Waals surface area contributed by atoms with E-state index in [-0.39, 0.29) is 29.3 Å². The maximum absolute atomic E-state index is 14.7. The maximum atomic E-state index is 14.7. The number of rotatable bonds is 10. The van der Waals surface area contributed by atoms with Gasteiger partial charge in [0, 0.05) is 41.2 Å². The molecule has 2 heterocycles. The number of halogens is 2. The minimum atomic E-state index is -0.938. The smallest absolute Gasteiger partial charge is 0.352 e. The van der Waals surface area contributed by atoms with Crippen LogP contribution in [0.2, 0.25) is 0 Å². The first-order valence-corrected chi connectivity index (χ1v) is 13.3. The molecule has 12 nitrogen and oxygen atoms in total. The molecular formula is C30H36F2N8O4. The standard InChI is InChI=1S/C28H29F2N7O4.C2H7N/c1-34(2)13-20-19(17-7-9-18(10-8-17)33-16-38)14-35-26(20)27(39)37(24(31)11-12-25(32)41-3)28(40)36(35)15-21-22(29)5-4-6-23(21)30;1-3-2/h4-12,14,16H,13,15,31-32H2,1-3H3,(H,33,38);3H,1-2H3/b24-11+,25-12+;. The summed E-state index contributed by atoms with van der Waals surface area (Å²) in [6.07, 6.45) is 4.60. The van der Waals surface area contributed by atoms with E-state index in [0.717, 1.165) is 16.8 Å². The van der Waals surface area contributed by atoms with Crippen LogP contribution in [0.15, 0.2) is 76.3 Å². The number of hydrogen-bond donors (Lipinski definition) is 4. The zero-order valence-electron chi connectivity index (χ0n) is 25.1. The first-order valence-electron chi connectivity index (χ1n) is 13.3. The predicted molar refractivity (Wildman–Crippen MR) is 167 cm³/mol. The number of ether oxygens (including phenoxy) is 1. The molecule has 234 valence electrons. The molecule has 6 N–H and O–H groups in total. The lowest BCUT2D eigenvalue weighted by Crippen LogP contribution is -2.44. The number of nitrogens with two attached hydrogens (primary N) is 2. The third kappa shape index (κ3) is 7.22. The molecule has 4 aromatic rings. The van der Waals surface area contributed by atoms with Gasteiger partial charge in [0.2, 0.25) is 6.41 Å². The minimum absolute atomic E-state index is 0.0263. The van der Waals surface area contributed by atoms with Crippen molar-refractivity contribution >= 4 is 23.4 Å². The molecule has 0 radical (unpaired) electrons. The molecular weight excluding hydrogens is 574 g/mol. The van der Waals surface area contributed by atoms with Gasteiger partial charge in [-0.25, -0.2) is 22.8 Å². The Kier molecular flexibility index (Phi) is 11.2. The lowest BCUT2D eigenvalue weighted by Gasteiger charge is -2.16. The van der Waals surface area contributed by atoms with Crippen LogP contribution >= 0.6 is 0 Å². The van der Waals surface area contributed by atoms with Gasteiger partial charge in [0.1, 0.15) is 23.0 Å². The van der Waals surface area contributed by atoms with Crippen molar-refractivity contribution < 1.29 is 18.3 Å². The fourth-order valence-electron chi connectivity index (χ4n) is 4.40. The quantitative estimate of drug-likeness (QED) is 0.121. The average Bonchev–Trinajstić information content (AvgIpc) is 3.34. The highest BCUT2D eigenvalue weighted by Crippen LogP contribution is 2.29. The number of carbonyl (C=O) groups excluding carboxylic acids is 1. The molecule has 2 aromatic carbocycles. The summed E-state index contributed by atoms with van der Waals surface area (Å²) in [5, 5.41) is 5.31. The average molecular weight is 611 g/mol. The van der Waals surface area contributed by atoms with Crippen LogP contribution in [0.4, 0.5) is 14.5 Å². The number of hydrogen-bond acceptors (Lipinski definition) is 8. The Bertz CT molecular complexity index is 1780. The molecule has 1 amide bonds. The Balaban J connectivity index is 0.00000169. The number of anilines is 1. The number of methoxy groups -OCH3 is 1. The van der Waals surface area contributed by atoms with Crippen LogP contribution in [-0.2, 0) is 22.6 Å². The number of fused-ring (bicyclic) bond motifs is 1. The second-order valence-electron chi connectivity index (χ2n) is 9.84. The Hall–Kier alpha value is -5.21. The summed E-state index contributed by atoms with van der Waals surface area (Å²) in [7, 11) is 8.70. The molecule has 0 bridgehead atoms.